The van der Waals surface area contributed by atoms with Gasteiger partial charge in [0.1, 0.15) is 12.2 Å². The smallest absolute Gasteiger partial charge is 0.104 e. The summed E-state index contributed by atoms with van der Waals surface area (Å²) in [5, 5.41) is 9.36. The lowest BCUT2D eigenvalue weighted by atomic mass is 9.95. The van der Waals surface area contributed by atoms with Crippen LogP contribution in [0.1, 0.15) is 20.3 Å². The monoisotopic (exact) mass is 254 g/mol. The van der Waals surface area contributed by atoms with Gasteiger partial charge in [0.2, 0.25) is 0 Å². The normalized spacial score (nSPS) is 36.5. The lowest BCUT2D eigenvalue weighted by Crippen LogP contribution is -2.21. The van der Waals surface area contributed by atoms with E-state index < -0.39 is 5.60 Å². The fourth-order valence-corrected chi connectivity index (χ4v) is 1.47. The first-order valence-corrected chi connectivity index (χ1v) is 6.44. The maximum absolute atomic E-state index is 9.36. The van der Waals surface area contributed by atoms with Crippen molar-refractivity contribution in [2.75, 3.05) is 26.4 Å². The minimum absolute atomic E-state index is 0.392. The molecule has 4 nitrogen and oxygen atoms in total. The highest BCUT2D eigenvalue weighted by Crippen LogP contribution is 2.19. The van der Waals surface area contributed by atoms with E-state index in [-0.39, 0.29) is 0 Å². The second kappa shape index (κ2) is 5.97. The fraction of sp³-hybridized carbons (Fsp3) is 0.714. The lowest BCUT2D eigenvalue weighted by Gasteiger charge is -2.19. The van der Waals surface area contributed by atoms with Crippen LogP contribution >= 0.6 is 0 Å². The zero-order valence-corrected chi connectivity index (χ0v) is 11.1. The molecule has 3 aliphatic rings. The molecule has 2 heterocycles. The molecule has 0 aromatic carbocycles. The van der Waals surface area contributed by atoms with Crippen molar-refractivity contribution in [3.63, 3.8) is 0 Å². The summed E-state index contributed by atoms with van der Waals surface area (Å²) in [6, 6.07) is 0. The quantitative estimate of drug-likeness (QED) is 0.771. The van der Waals surface area contributed by atoms with Crippen LogP contribution in [0.25, 0.3) is 0 Å². The molecule has 0 radical (unpaired) electrons. The average Bonchev–Trinajstić information content (AvgIpc) is 3.17. The Balaban J connectivity index is 0.000000134. The van der Waals surface area contributed by atoms with E-state index in [0.717, 1.165) is 32.8 Å². The number of hydrogen-bond acceptors (Lipinski definition) is 4. The summed E-state index contributed by atoms with van der Waals surface area (Å²) in [5.74, 6) is 0. The molecule has 0 bridgehead atoms. The molecule has 3 atom stereocenters. The van der Waals surface area contributed by atoms with Gasteiger partial charge in [-0.1, -0.05) is 23.8 Å². The third-order valence-electron chi connectivity index (χ3n) is 2.95. The molecule has 2 saturated heterocycles. The van der Waals surface area contributed by atoms with Crippen molar-refractivity contribution in [3.05, 3.63) is 23.8 Å². The first kappa shape index (κ1) is 13.7. The molecule has 3 unspecified atom stereocenters. The SMILES string of the molecule is C(OCC1CO1)C1CO1.CC1=CCC(C)(O)C=C1. The zero-order chi connectivity index (χ0) is 13.0. The minimum atomic E-state index is -0.598. The summed E-state index contributed by atoms with van der Waals surface area (Å²) in [6.45, 7) is 7.11. The van der Waals surface area contributed by atoms with E-state index in [2.05, 4.69) is 0 Å². The molecule has 18 heavy (non-hydrogen) atoms. The van der Waals surface area contributed by atoms with Gasteiger partial charge in [-0.05, 0) is 20.3 Å². The summed E-state index contributed by atoms with van der Waals surface area (Å²) in [6.07, 6.45) is 7.36. The van der Waals surface area contributed by atoms with E-state index in [9.17, 15) is 5.11 Å². The molecule has 2 fully saturated rings. The van der Waals surface area contributed by atoms with Crippen LogP contribution in [0, 0.1) is 0 Å². The molecule has 4 heteroatoms. The van der Waals surface area contributed by atoms with Gasteiger partial charge in [0, 0.05) is 0 Å². The first-order valence-electron chi connectivity index (χ1n) is 6.44. The molecular formula is C14H22O4. The summed E-state index contributed by atoms with van der Waals surface area (Å²) < 4.78 is 15.1. The lowest BCUT2D eigenvalue weighted by molar-refractivity contribution is 0.102. The maximum Gasteiger partial charge on any atom is 0.104 e. The number of epoxide rings is 2. The van der Waals surface area contributed by atoms with Crippen molar-refractivity contribution >= 4 is 0 Å². The van der Waals surface area contributed by atoms with Crippen LogP contribution in [0.2, 0.25) is 0 Å². The third-order valence-corrected chi connectivity index (χ3v) is 2.95. The van der Waals surface area contributed by atoms with Crippen molar-refractivity contribution in [1.29, 1.82) is 0 Å². The fourth-order valence-electron chi connectivity index (χ4n) is 1.47. The molecule has 2 aliphatic heterocycles. The minimum Gasteiger partial charge on any atom is -0.386 e. The van der Waals surface area contributed by atoms with Crippen LogP contribution in [-0.2, 0) is 14.2 Å². The summed E-state index contributed by atoms with van der Waals surface area (Å²) >= 11 is 0. The van der Waals surface area contributed by atoms with Gasteiger partial charge in [-0.15, -0.1) is 0 Å². The Labute approximate surface area is 108 Å². The van der Waals surface area contributed by atoms with E-state index in [0.29, 0.717) is 12.2 Å². The number of hydrogen-bond donors (Lipinski definition) is 1. The Kier molecular flexibility index (Phi) is 4.56. The molecule has 0 aromatic heterocycles. The number of allylic oxidation sites excluding steroid dienone is 2. The van der Waals surface area contributed by atoms with Gasteiger partial charge >= 0.3 is 0 Å². The van der Waals surface area contributed by atoms with Gasteiger partial charge in [0.15, 0.2) is 0 Å². The molecule has 102 valence electrons. The predicted molar refractivity (Wildman–Crippen MR) is 68.4 cm³/mol. The molecule has 0 spiro atoms. The number of aliphatic hydroxyl groups is 1. The molecular weight excluding hydrogens is 232 g/mol. The van der Waals surface area contributed by atoms with Gasteiger partial charge in [-0.25, -0.2) is 0 Å². The Morgan fingerprint density at radius 1 is 1.33 bits per heavy atom. The molecule has 0 aromatic rings. The second-order valence-electron chi connectivity index (χ2n) is 5.29. The summed E-state index contributed by atoms with van der Waals surface area (Å²) in [4.78, 5) is 0. The van der Waals surface area contributed by atoms with Crippen LogP contribution in [0.3, 0.4) is 0 Å². The van der Waals surface area contributed by atoms with Gasteiger partial charge < -0.3 is 19.3 Å². The van der Waals surface area contributed by atoms with Crippen molar-refractivity contribution < 1.29 is 19.3 Å². The first-order chi connectivity index (χ1) is 8.55. The second-order valence-corrected chi connectivity index (χ2v) is 5.29. The third kappa shape index (κ3) is 5.78. The van der Waals surface area contributed by atoms with E-state index in [1.807, 2.05) is 32.1 Å². The highest BCUT2D eigenvalue weighted by atomic mass is 16.6. The highest BCUT2D eigenvalue weighted by molar-refractivity contribution is 5.24. The molecule has 1 N–H and O–H groups in total. The van der Waals surface area contributed by atoms with Crippen molar-refractivity contribution in [2.24, 2.45) is 0 Å². The van der Waals surface area contributed by atoms with Crippen LogP contribution < -0.4 is 0 Å². The largest absolute Gasteiger partial charge is 0.386 e. The van der Waals surface area contributed by atoms with Crippen molar-refractivity contribution in [1.82, 2.24) is 0 Å². The topological polar surface area (TPSA) is 54.5 Å². The van der Waals surface area contributed by atoms with Crippen molar-refractivity contribution in [2.45, 2.75) is 38.1 Å². The van der Waals surface area contributed by atoms with Crippen LogP contribution in [0.15, 0.2) is 23.8 Å². The van der Waals surface area contributed by atoms with E-state index in [1.165, 1.54) is 5.57 Å². The maximum atomic E-state index is 9.36. The average molecular weight is 254 g/mol. The standard InChI is InChI=1S/C8H12O.C6H10O3/c1-7-3-5-8(2,9)6-4-7;1(5-3-8-5)7-2-6-4-9-6/h3-5,9H,6H2,1-2H3;5-6H,1-4H2. The number of ether oxygens (including phenoxy) is 3. The van der Waals surface area contributed by atoms with Gasteiger partial charge in [-0.2, -0.15) is 0 Å². The van der Waals surface area contributed by atoms with Gasteiger partial charge in [0.05, 0.1) is 32.0 Å². The van der Waals surface area contributed by atoms with Gasteiger partial charge in [-0.3, -0.25) is 0 Å². The summed E-state index contributed by atoms with van der Waals surface area (Å²) in [7, 11) is 0. The van der Waals surface area contributed by atoms with Crippen LogP contribution in [0.5, 0.6) is 0 Å². The Hall–Kier alpha value is -0.680. The van der Waals surface area contributed by atoms with E-state index in [1.54, 1.807) is 0 Å². The molecule has 1 aliphatic carbocycles. The van der Waals surface area contributed by atoms with Crippen molar-refractivity contribution in [3.8, 4) is 0 Å². The molecule has 0 amide bonds. The Morgan fingerprint density at radius 2 is 1.89 bits per heavy atom. The van der Waals surface area contributed by atoms with E-state index >= 15 is 0 Å². The zero-order valence-electron chi connectivity index (χ0n) is 11.1. The van der Waals surface area contributed by atoms with Crippen LogP contribution in [-0.4, -0.2) is 49.3 Å². The molecule has 3 rings (SSSR count). The Bertz CT molecular complexity index is 313. The summed E-state index contributed by atoms with van der Waals surface area (Å²) in [5.41, 5.74) is 0.640. The van der Waals surface area contributed by atoms with E-state index in [4.69, 9.17) is 14.2 Å². The molecule has 0 saturated carbocycles. The Morgan fingerprint density at radius 3 is 2.22 bits per heavy atom. The van der Waals surface area contributed by atoms with Gasteiger partial charge in [0.25, 0.3) is 0 Å². The highest BCUT2D eigenvalue weighted by Gasteiger charge is 2.26. The predicted octanol–water partition coefficient (Wildman–Crippen LogP) is 1.44. The van der Waals surface area contributed by atoms with Crippen LogP contribution in [0.4, 0.5) is 0 Å². The number of rotatable bonds is 4.